The maximum Gasteiger partial charge on any atom is 0.0522 e. The van der Waals surface area contributed by atoms with Crippen molar-refractivity contribution in [2.75, 3.05) is 26.2 Å². The first-order chi connectivity index (χ1) is 7.55. The normalized spacial score (nSPS) is 21.2. The van der Waals surface area contributed by atoms with Crippen molar-refractivity contribution in [2.24, 2.45) is 7.05 Å². The molecule has 1 N–H and O–H groups in total. The largest absolute Gasteiger partial charge is 0.309 e. The molecule has 0 radical (unpaired) electrons. The van der Waals surface area contributed by atoms with Crippen LogP contribution in [0.15, 0.2) is 12.4 Å². The molecule has 1 aliphatic heterocycles. The molecule has 0 unspecified atom stereocenters. The van der Waals surface area contributed by atoms with Gasteiger partial charge < -0.3 is 5.32 Å². The predicted octanol–water partition coefficient (Wildman–Crippen LogP) is 0.646. The quantitative estimate of drug-likeness (QED) is 0.815. The van der Waals surface area contributed by atoms with Crippen LogP contribution in [0.5, 0.6) is 0 Å². The Morgan fingerprint density at radius 2 is 2.31 bits per heavy atom. The van der Waals surface area contributed by atoms with Crippen molar-refractivity contribution in [3.05, 3.63) is 18.0 Å². The molecule has 1 saturated heterocycles. The summed E-state index contributed by atoms with van der Waals surface area (Å²) >= 11 is 0. The van der Waals surface area contributed by atoms with E-state index in [-0.39, 0.29) is 5.54 Å². The van der Waals surface area contributed by atoms with E-state index in [1.807, 2.05) is 17.9 Å². The van der Waals surface area contributed by atoms with Gasteiger partial charge in [-0.05, 0) is 25.8 Å². The van der Waals surface area contributed by atoms with Crippen LogP contribution in [0.1, 0.15) is 19.4 Å². The second kappa shape index (κ2) is 4.55. The lowest BCUT2D eigenvalue weighted by molar-refractivity contribution is 0.156. The Bertz CT molecular complexity index is 343. The van der Waals surface area contributed by atoms with Gasteiger partial charge in [-0.3, -0.25) is 9.58 Å². The van der Waals surface area contributed by atoms with Crippen LogP contribution >= 0.6 is 0 Å². The van der Waals surface area contributed by atoms with E-state index in [9.17, 15) is 0 Å². The van der Waals surface area contributed by atoms with Gasteiger partial charge in [-0.1, -0.05) is 0 Å². The molecular weight excluding hydrogens is 200 g/mol. The Hall–Kier alpha value is -0.870. The minimum Gasteiger partial charge on any atom is -0.309 e. The fraction of sp³-hybridized carbons (Fsp3) is 0.750. The number of nitrogens with zero attached hydrogens (tertiary/aromatic N) is 3. The molecule has 4 heteroatoms. The van der Waals surface area contributed by atoms with Gasteiger partial charge in [0.25, 0.3) is 0 Å². The van der Waals surface area contributed by atoms with E-state index < -0.39 is 0 Å². The summed E-state index contributed by atoms with van der Waals surface area (Å²) in [5.74, 6) is 0. The highest BCUT2D eigenvalue weighted by Gasteiger charge is 2.25. The van der Waals surface area contributed by atoms with E-state index in [0.29, 0.717) is 0 Å². The minimum atomic E-state index is 0.257. The molecule has 1 aromatic rings. The molecule has 1 aromatic heterocycles. The number of rotatable bonds is 3. The standard InChI is InChI=1S/C12H22N4/c1-12(2)10-16(7-5-13-12)6-4-11-8-14-15(3)9-11/h8-9,13H,4-7,10H2,1-3H3. The average Bonchev–Trinajstić information content (AvgIpc) is 2.60. The Labute approximate surface area is 97.6 Å². The molecule has 90 valence electrons. The predicted molar refractivity (Wildman–Crippen MR) is 65.4 cm³/mol. The molecule has 0 spiro atoms. The van der Waals surface area contributed by atoms with Crippen molar-refractivity contribution in [3.63, 3.8) is 0 Å². The molecule has 1 fully saturated rings. The van der Waals surface area contributed by atoms with E-state index in [2.05, 4.69) is 35.4 Å². The maximum absolute atomic E-state index is 4.19. The zero-order valence-corrected chi connectivity index (χ0v) is 10.5. The Kier molecular flexibility index (Phi) is 3.30. The van der Waals surface area contributed by atoms with E-state index in [1.54, 1.807) is 0 Å². The molecule has 2 rings (SSSR count). The highest BCUT2D eigenvalue weighted by Crippen LogP contribution is 2.10. The van der Waals surface area contributed by atoms with E-state index in [4.69, 9.17) is 0 Å². The lowest BCUT2D eigenvalue weighted by atomic mass is 10.0. The number of piperazine rings is 1. The number of aromatic nitrogens is 2. The summed E-state index contributed by atoms with van der Waals surface area (Å²) in [4.78, 5) is 2.53. The molecule has 2 heterocycles. The highest BCUT2D eigenvalue weighted by atomic mass is 15.2. The lowest BCUT2D eigenvalue weighted by Crippen LogP contribution is -2.57. The molecule has 4 nitrogen and oxygen atoms in total. The number of aryl methyl sites for hydroxylation is 1. The molecule has 0 atom stereocenters. The monoisotopic (exact) mass is 222 g/mol. The number of nitrogens with one attached hydrogen (secondary N) is 1. The van der Waals surface area contributed by atoms with Crippen LogP contribution in [0.4, 0.5) is 0 Å². The molecule has 0 bridgehead atoms. The first-order valence-electron chi connectivity index (χ1n) is 6.00. The van der Waals surface area contributed by atoms with E-state index in [0.717, 1.165) is 32.6 Å². The van der Waals surface area contributed by atoms with Crippen LogP contribution in [0.25, 0.3) is 0 Å². The molecule has 1 aliphatic rings. The maximum atomic E-state index is 4.19. The molecular formula is C12H22N4. The van der Waals surface area contributed by atoms with Crippen LogP contribution in [0.2, 0.25) is 0 Å². The van der Waals surface area contributed by atoms with Crippen LogP contribution in [0.3, 0.4) is 0 Å². The van der Waals surface area contributed by atoms with Crippen molar-refractivity contribution in [1.29, 1.82) is 0 Å². The summed E-state index contributed by atoms with van der Waals surface area (Å²) < 4.78 is 1.87. The van der Waals surface area contributed by atoms with Gasteiger partial charge in [0.05, 0.1) is 6.20 Å². The van der Waals surface area contributed by atoms with Gasteiger partial charge >= 0.3 is 0 Å². The summed E-state index contributed by atoms with van der Waals surface area (Å²) in [6.07, 6.45) is 5.17. The van der Waals surface area contributed by atoms with Crippen molar-refractivity contribution in [1.82, 2.24) is 20.0 Å². The first-order valence-corrected chi connectivity index (χ1v) is 6.00. The summed E-state index contributed by atoms with van der Waals surface area (Å²) in [5.41, 5.74) is 1.59. The molecule has 0 saturated carbocycles. The van der Waals surface area contributed by atoms with E-state index in [1.165, 1.54) is 5.56 Å². The summed E-state index contributed by atoms with van der Waals surface area (Å²) in [6.45, 7) is 9.06. The Morgan fingerprint density at radius 1 is 1.50 bits per heavy atom. The zero-order chi connectivity index (χ0) is 11.6. The Balaban J connectivity index is 1.82. The van der Waals surface area contributed by atoms with Crippen LogP contribution < -0.4 is 5.32 Å². The molecule has 16 heavy (non-hydrogen) atoms. The van der Waals surface area contributed by atoms with Crippen molar-refractivity contribution < 1.29 is 0 Å². The third-order valence-corrected chi connectivity index (χ3v) is 3.13. The second-order valence-electron chi connectivity index (χ2n) is 5.36. The smallest absolute Gasteiger partial charge is 0.0522 e. The van der Waals surface area contributed by atoms with E-state index >= 15 is 0 Å². The molecule has 0 amide bonds. The van der Waals surface area contributed by atoms with Crippen LogP contribution in [-0.4, -0.2) is 46.4 Å². The summed E-state index contributed by atoms with van der Waals surface area (Å²) in [6, 6.07) is 0. The van der Waals surface area contributed by atoms with Gasteiger partial charge in [-0.2, -0.15) is 5.10 Å². The van der Waals surface area contributed by atoms with Gasteiger partial charge in [-0.25, -0.2) is 0 Å². The molecule has 0 aromatic carbocycles. The summed E-state index contributed by atoms with van der Waals surface area (Å²) in [7, 11) is 1.97. The first kappa shape index (κ1) is 11.6. The topological polar surface area (TPSA) is 33.1 Å². The van der Waals surface area contributed by atoms with Crippen molar-refractivity contribution in [3.8, 4) is 0 Å². The SMILES string of the molecule is Cn1cc(CCN2CCNC(C)(C)C2)cn1. The Morgan fingerprint density at radius 3 is 2.94 bits per heavy atom. The van der Waals surface area contributed by atoms with Gasteiger partial charge in [0.2, 0.25) is 0 Å². The second-order valence-corrected chi connectivity index (χ2v) is 5.36. The minimum absolute atomic E-state index is 0.257. The highest BCUT2D eigenvalue weighted by molar-refractivity contribution is 5.04. The fourth-order valence-corrected chi connectivity index (χ4v) is 2.33. The van der Waals surface area contributed by atoms with Gasteiger partial charge in [0.1, 0.15) is 0 Å². The van der Waals surface area contributed by atoms with Crippen LogP contribution in [-0.2, 0) is 13.5 Å². The molecule has 0 aliphatic carbocycles. The van der Waals surface area contributed by atoms with Crippen molar-refractivity contribution in [2.45, 2.75) is 25.8 Å². The van der Waals surface area contributed by atoms with Gasteiger partial charge in [0.15, 0.2) is 0 Å². The number of hydrogen-bond donors (Lipinski definition) is 1. The number of hydrogen-bond acceptors (Lipinski definition) is 3. The average molecular weight is 222 g/mol. The van der Waals surface area contributed by atoms with Crippen LogP contribution in [0, 0.1) is 0 Å². The third kappa shape index (κ3) is 3.06. The van der Waals surface area contributed by atoms with Gasteiger partial charge in [-0.15, -0.1) is 0 Å². The van der Waals surface area contributed by atoms with Crippen molar-refractivity contribution >= 4 is 0 Å². The summed E-state index contributed by atoms with van der Waals surface area (Å²) in [5, 5.41) is 7.73. The lowest BCUT2D eigenvalue weighted by Gasteiger charge is -2.39. The third-order valence-electron chi connectivity index (χ3n) is 3.13. The zero-order valence-electron chi connectivity index (χ0n) is 10.5. The van der Waals surface area contributed by atoms with Gasteiger partial charge in [0, 0.05) is 45.0 Å². The fourth-order valence-electron chi connectivity index (χ4n) is 2.33.